The van der Waals surface area contributed by atoms with E-state index in [0.29, 0.717) is 6.54 Å². The Labute approximate surface area is 147 Å². The molecule has 130 valence electrons. The molecule has 1 saturated heterocycles. The molecule has 0 spiro atoms. The van der Waals surface area contributed by atoms with E-state index < -0.39 is 0 Å². The molecule has 1 aliphatic heterocycles. The second-order valence-electron chi connectivity index (χ2n) is 7.23. The summed E-state index contributed by atoms with van der Waals surface area (Å²) in [5.41, 5.74) is 8.98. The van der Waals surface area contributed by atoms with Crippen LogP contribution >= 0.6 is 0 Å². The van der Waals surface area contributed by atoms with Crippen molar-refractivity contribution < 1.29 is 9.18 Å². The number of amides is 1. The summed E-state index contributed by atoms with van der Waals surface area (Å²) in [7, 11) is 0. The molecule has 0 radical (unpaired) electrons. The zero-order chi connectivity index (χ0) is 17.4. The monoisotopic (exact) mass is 338 g/mol. The van der Waals surface area contributed by atoms with E-state index in [1.165, 1.54) is 6.07 Å². The minimum absolute atomic E-state index is 0.0122. The Hall–Kier alpha value is -2.20. The number of halogens is 1. The normalized spacial score (nSPS) is 25.7. The lowest BCUT2D eigenvalue weighted by Gasteiger charge is -2.31. The highest BCUT2D eigenvalue weighted by Gasteiger charge is 2.47. The molecular weight excluding hydrogens is 315 g/mol. The van der Waals surface area contributed by atoms with Crippen molar-refractivity contribution in [2.24, 2.45) is 11.7 Å². The fraction of sp³-hybridized carbons (Fsp3) is 0.381. The first-order valence-electron chi connectivity index (χ1n) is 9.02. The SMILES string of the molecule is NC1CCCN(C(=O)C2CC2c2ccc(F)cc2-c2ccccc2)C1. The van der Waals surface area contributed by atoms with E-state index in [-0.39, 0.29) is 29.6 Å². The van der Waals surface area contributed by atoms with Crippen LogP contribution in [0.25, 0.3) is 11.1 Å². The number of piperidine rings is 1. The summed E-state index contributed by atoms with van der Waals surface area (Å²) in [5, 5.41) is 0. The van der Waals surface area contributed by atoms with Gasteiger partial charge >= 0.3 is 0 Å². The number of nitrogens with two attached hydrogens (primary N) is 1. The molecule has 1 aliphatic carbocycles. The van der Waals surface area contributed by atoms with E-state index in [0.717, 1.165) is 42.5 Å². The lowest BCUT2D eigenvalue weighted by Crippen LogP contribution is -2.46. The van der Waals surface area contributed by atoms with E-state index in [1.54, 1.807) is 6.07 Å². The fourth-order valence-electron chi connectivity index (χ4n) is 3.98. The molecule has 2 aromatic rings. The molecule has 1 heterocycles. The summed E-state index contributed by atoms with van der Waals surface area (Å²) in [5.74, 6) is 0.163. The fourth-order valence-corrected chi connectivity index (χ4v) is 3.98. The Morgan fingerprint density at radius 1 is 1.16 bits per heavy atom. The molecule has 2 aromatic carbocycles. The van der Waals surface area contributed by atoms with Crippen LogP contribution in [0.1, 0.15) is 30.7 Å². The van der Waals surface area contributed by atoms with Gasteiger partial charge in [-0.25, -0.2) is 4.39 Å². The largest absolute Gasteiger partial charge is 0.341 e. The Balaban J connectivity index is 1.57. The molecule has 3 atom stereocenters. The molecule has 3 unspecified atom stereocenters. The van der Waals surface area contributed by atoms with Crippen molar-refractivity contribution in [1.82, 2.24) is 4.90 Å². The topological polar surface area (TPSA) is 46.3 Å². The number of rotatable bonds is 3. The van der Waals surface area contributed by atoms with Crippen LogP contribution in [-0.2, 0) is 4.79 Å². The van der Waals surface area contributed by atoms with Crippen LogP contribution in [0.2, 0.25) is 0 Å². The molecular formula is C21H23FN2O. The minimum atomic E-state index is -0.242. The van der Waals surface area contributed by atoms with Gasteiger partial charge in [-0.15, -0.1) is 0 Å². The summed E-state index contributed by atoms with van der Waals surface area (Å²) in [6.45, 7) is 1.47. The van der Waals surface area contributed by atoms with Crippen molar-refractivity contribution in [3.8, 4) is 11.1 Å². The smallest absolute Gasteiger partial charge is 0.226 e. The molecule has 2 fully saturated rings. The van der Waals surface area contributed by atoms with E-state index in [9.17, 15) is 9.18 Å². The highest BCUT2D eigenvalue weighted by atomic mass is 19.1. The molecule has 25 heavy (non-hydrogen) atoms. The number of likely N-dealkylation sites (tertiary alicyclic amines) is 1. The third-order valence-corrected chi connectivity index (χ3v) is 5.38. The maximum atomic E-state index is 13.8. The molecule has 0 bridgehead atoms. The molecule has 1 saturated carbocycles. The van der Waals surface area contributed by atoms with E-state index in [2.05, 4.69) is 0 Å². The van der Waals surface area contributed by atoms with Crippen LogP contribution in [0.3, 0.4) is 0 Å². The minimum Gasteiger partial charge on any atom is -0.341 e. The third-order valence-electron chi connectivity index (χ3n) is 5.38. The lowest BCUT2D eigenvalue weighted by atomic mass is 9.95. The molecule has 2 aliphatic rings. The van der Waals surface area contributed by atoms with Crippen molar-refractivity contribution >= 4 is 5.91 Å². The Kier molecular flexibility index (Phi) is 4.30. The maximum absolute atomic E-state index is 13.8. The van der Waals surface area contributed by atoms with Crippen LogP contribution in [0.15, 0.2) is 48.5 Å². The van der Waals surface area contributed by atoms with Gasteiger partial charge < -0.3 is 10.6 Å². The summed E-state index contributed by atoms with van der Waals surface area (Å²) in [4.78, 5) is 14.7. The van der Waals surface area contributed by atoms with Crippen molar-refractivity contribution in [1.29, 1.82) is 0 Å². The average Bonchev–Trinajstić information content (AvgIpc) is 3.42. The standard InChI is InChI=1S/C21H23FN2O/c22-15-8-9-17(18(11-15)14-5-2-1-3-6-14)19-12-20(19)21(25)24-10-4-7-16(23)13-24/h1-3,5-6,8-9,11,16,19-20H,4,7,10,12-13,23H2. The predicted molar refractivity (Wildman–Crippen MR) is 96.5 cm³/mol. The number of carbonyl (C=O) groups excluding carboxylic acids is 1. The van der Waals surface area contributed by atoms with Gasteiger partial charge in [-0.1, -0.05) is 36.4 Å². The predicted octanol–water partition coefficient (Wildman–Crippen LogP) is 3.55. The number of hydrogen-bond donors (Lipinski definition) is 1. The van der Waals surface area contributed by atoms with Gasteiger partial charge in [0.05, 0.1) is 0 Å². The van der Waals surface area contributed by atoms with Gasteiger partial charge in [0.25, 0.3) is 0 Å². The molecule has 1 amide bonds. The first-order chi connectivity index (χ1) is 12.1. The van der Waals surface area contributed by atoms with Gasteiger partial charge in [-0.3, -0.25) is 4.79 Å². The molecule has 4 heteroatoms. The van der Waals surface area contributed by atoms with Crippen molar-refractivity contribution in [3.05, 3.63) is 59.9 Å². The van der Waals surface area contributed by atoms with Crippen molar-refractivity contribution in [2.75, 3.05) is 13.1 Å². The molecule has 4 rings (SSSR count). The third kappa shape index (κ3) is 3.31. The number of benzene rings is 2. The van der Waals surface area contributed by atoms with Gasteiger partial charge in [-0.05, 0) is 54.0 Å². The van der Waals surface area contributed by atoms with Crippen molar-refractivity contribution in [3.63, 3.8) is 0 Å². The Morgan fingerprint density at radius 2 is 1.96 bits per heavy atom. The van der Waals surface area contributed by atoms with Gasteiger partial charge in [0.15, 0.2) is 0 Å². The quantitative estimate of drug-likeness (QED) is 0.930. The van der Waals surface area contributed by atoms with Gasteiger partial charge in [-0.2, -0.15) is 0 Å². The van der Waals surface area contributed by atoms with Crippen molar-refractivity contribution in [2.45, 2.75) is 31.2 Å². The second kappa shape index (κ2) is 6.60. The van der Waals surface area contributed by atoms with Gasteiger partial charge in [0.1, 0.15) is 5.82 Å². The van der Waals surface area contributed by atoms with Crippen LogP contribution in [-0.4, -0.2) is 29.9 Å². The second-order valence-corrected chi connectivity index (χ2v) is 7.23. The zero-order valence-corrected chi connectivity index (χ0v) is 14.2. The zero-order valence-electron chi connectivity index (χ0n) is 14.2. The first-order valence-corrected chi connectivity index (χ1v) is 9.02. The number of hydrogen-bond acceptors (Lipinski definition) is 2. The van der Waals surface area contributed by atoms with E-state index >= 15 is 0 Å². The van der Waals surface area contributed by atoms with Crippen LogP contribution in [0.5, 0.6) is 0 Å². The maximum Gasteiger partial charge on any atom is 0.226 e. The number of carbonyl (C=O) groups is 1. The van der Waals surface area contributed by atoms with Gasteiger partial charge in [0, 0.05) is 25.0 Å². The van der Waals surface area contributed by atoms with E-state index in [4.69, 9.17) is 5.73 Å². The number of nitrogens with zero attached hydrogens (tertiary/aromatic N) is 1. The molecule has 2 N–H and O–H groups in total. The van der Waals surface area contributed by atoms with Gasteiger partial charge in [0.2, 0.25) is 5.91 Å². The Morgan fingerprint density at radius 3 is 2.72 bits per heavy atom. The van der Waals surface area contributed by atoms with Crippen LogP contribution < -0.4 is 5.73 Å². The van der Waals surface area contributed by atoms with Crippen LogP contribution in [0.4, 0.5) is 4.39 Å². The summed E-state index contributed by atoms with van der Waals surface area (Å²) in [6.07, 6.45) is 2.82. The molecule has 3 nitrogen and oxygen atoms in total. The van der Waals surface area contributed by atoms with Crippen LogP contribution in [0, 0.1) is 11.7 Å². The highest BCUT2D eigenvalue weighted by molar-refractivity contribution is 5.84. The molecule has 0 aromatic heterocycles. The first kappa shape index (κ1) is 16.3. The van der Waals surface area contributed by atoms with E-state index in [1.807, 2.05) is 41.3 Å². The highest BCUT2D eigenvalue weighted by Crippen LogP contribution is 2.51. The summed E-state index contributed by atoms with van der Waals surface area (Å²) >= 11 is 0. The lowest BCUT2D eigenvalue weighted by molar-refractivity contribution is -0.133. The summed E-state index contributed by atoms with van der Waals surface area (Å²) < 4.78 is 13.8. The Bertz CT molecular complexity index is 777. The summed E-state index contributed by atoms with van der Waals surface area (Å²) in [6, 6.07) is 14.9. The average molecular weight is 338 g/mol.